The van der Waals surface area contributed by atoms with Crippen LogP contribution >= 0.6 is 11.6 Å². The van der Waals surface area contributed by atoms with Crippen LogP contribution in [0.15, 0.2) is 142 Å². The first-order valence-corrected chi connectivity index (χ1v) is 28.1. The maximum Gasteiger partial charge on any atom is 0.341 e. The number of furan rings is 1. The van der Waals surface area contributed by atoms with Crippen molar-refractivity contribution in [3.05, 3.63) is 188 Å². The molecular weight excluding hydrogens is 1080 g/mol. The van der Waals surface area contributed by atoms with E-state index in [9.17, 15) is 45.9 Å². The van der Waals surface area contributed by atoms with Crippen molar-refractivity contribution >= 4 is 67.4 Å². The molecule has 3 aliphatic heterocycles. The van der Waals surface area contributed by atoms with E-state index in [1.807, 2.05) is 51.9 Å². The molecule has 1 amide bonds. The Hall–Kier alpha value is -7.69. The van der Waals surface area contributed by atoms with Gasteiger partial charge in [-0.1, -0.05) is 54.1 Å². The molecule has 420 valence electrons. The van der Waals surface area contributed by atoms with Crippen molar-refractivity contribution in [2.24, 2.45) is 5.14 Å². The van der Waals surface area contributed by atoms with Gasteiger partial charge in [-0.15, -0.1) is 0 Å². The summed E-state index contributed by atoms with van der Waals surface area (Å²) in [7, 11) is -4.11. The summed E-state index contributed by atoms with van der Waals surface area (Å²) in [6, 6.07) is 32.0. The Kier molecular flexibility index (Phi) is 17.6. The molecule has 2 aromatic heterocycles. The summed E-state index contributed by atoms with van der Waals surface area (Å²) >= 11 is 5.84. The molecule has 0 radical (unpaired) electrons. The highest BCUT2D eigenvalue weighted by atomic mass is 35.5. The Bertz CT molecular complexity index is 3480. The van der Waals surface area contributed by atoms with Gasteiger partial charge in [0.25, 0.3) is 0 Å². The fourth-order valence-electron chi connectivity index (χ4n) is 10.6. The number of likely N-dealkylation sites (tertiary alicyclic amines) is 1. The van der Waals surface area contributed by atoms with Gasteiger partial charge in [0, 0.05) is 68.5 Å². The number of aromatic nitrogens is 1. The van der Waals surface area contributed by atoms with E-state index in [4.69, 9.17) is 26.3 Å². The number of carbonyl (C=O) groups is 3. The maximum absolute atomic E-state index is 14.6. The van der Waals surface area contributed by atoms with Crippen LogP contribution in [-0.4, -0.2) is 104 Å². The number of fused-ring (bicyclic) bond motifs is 1. The van der Waals surface area contributed by atoms with Crippen LogP contribution in [0.3, 0.4) is 0 Å². The number of piperidine rings is 1. The number of nitrogens with two attached hydrogens (primary N) is 1. The molecule has 7 N–H and O–H groups in total. The van der Waals surface area contributed by atoms with Crippen LogP contribution in [0.1, 0.15) is 88.1 Å². The van der Waals surface area contributed by atoms with Crippen molar-refractivity contribution < 1.29 is 50.6 Å². The van der Waals surface area contributed by atoms with Gasteiger partial charge in [0.15, 0.2) is 0 Å². The largest absolute Gasteiger partial charge is 0.478 e. The van der Waals surface area contributed by atoms with Crippen molar-refractivity contribution in [2.75, 3.05) is 67.6 Å². The summed E-state index contributed by atoms with van der Waals surface area (Å²) in [6.07, 6.45) is 8.21. The van der Waals surface area contributed by atoms with E-state index < -0.39 is 43.6 Å². The Labute approximate surface area is 464 Å². The van der Waals surface area contributed by atoms with E-state index in [1.165, 1.54) is 48.9 Å². The average molecular weight is 1140 g/mol. The van der Waals surface area contributed by atoms with Crippen molar-refractivity contribution in [2.45, 2.75) is 67.5 Å². The highest BCUT2D eigenvalue weighted by Crippen LogP contribution is 2.39. The number of aromatic carboxylic acids is 2. The number of piperazine rings is 1. The number of pyridine rings is 1. The zero-order valence-corrected chi connectivity index (χ0v) is 45.0. The number of carbonyl (C=O) groups excluding carboxylic acids is 1. The lowest BCUT2D eigenvalue weighted by Crippen LogP contribution is -2.56. The van der Waals surface area contributed by atoms with Gasteiger partial charge in [-0.2, -0.15) is 0 Å². The minimum Gasteiger partial charge on any atom is -0.478 e. The number of carboxylic acid groups (broad SMARTS) is 2. The molecule has 80 heavy (non-hydrogen) atoms. The highest BCUT2D eigenvalue weighted by Gasteiger charge is 2.50. The molecule has 5 aromatic carbocycles. The lowest BCUT2D eigenvalue weighted by Gasteiger charge is -2.43. The minimum atomic E-state index is -4.11. The molecular formula is C58H60ClF3N8O9S. The molecule has 0 atom stereocenters. The molecule has 17 nitrogen and oxygen atoms in total. The number of nitrogens with zero attached hydrogens (tertiary/aromatic N) is 4. The third kappa shape index (κ3) is 13.1. The summed E-state index contributed by atoms with van der Waals surface area (Å²) in [5.74, 6) is -2.77. The number of carboxylic acids is 2. The second-order valence-electron chi connectivity index (χ2n) is 20.1. The fraction of sp³-hybridized carbons (Fsp3) is 0.310. The number of para-hydroxylation sites is 1. The van der Waals surface area contributed by atoms with E-state index >= 15 is 0 Å². The standard InChI is InChI=1S/C29H31F2N3O.C17H18FN3O3.C12H11ClN2O5S/c30-24-12-8-22(9-13-24)27(23-10-14-25(31)15-11-23)7-4-18-33-19-16-29(17-20-33)28(35)32-21-34(29)26-5-2-1-3-6-26;18-13-7-11-14(8-15(13)20-5-3-19-4-6-20)21(10-1-2-10)9-12(16(11)22)17(23)24;13-9-5-10(15-6-7-2-1-3-20-7)8(12(16)17)4-11(9)21(14,18)19/h1-3,5-6,8-15,27H,4,7,16-21H2,(H,32,35);7-10,19H,1-6H2,(H,23,24);1-5,15H,6H2,(H,16,17)(H2,14,18,19). The molecule has 0 bridgehead atoms. The quantitative estimate of drug-likeness (QED) is 0.0564. The molecule has 7 aromatic rings. The average Bonchev–Trinajstić information content (AvgIpc) is 4.16. The zero-order valence-electron chi connectivity index (χ0n) is 43.4. The predicted molar refractivity (Wildman–Crippen MR) is 299 cm³/mol. The Balaban J connectivity index is 0.000000152. The van der Waals surface area contributed by atoms with Gasteiger partial charge in [-0.25, -0.2) is 36.3 Å². The molecule has 4 fully saturated rings. The third-order valence-electron chi connectivity index (χ3n) is 15.0. The zero-order chi connectivity index (χ0) is 56.7. The number of hydrogen-bond donors (Lipinski definition) is 6. The van der Waals surface area contributed by atoms with E-state index in [-0.39, 0.29) is 63.3 Å². The molecule has 3 saturated heterocycles. The highest BCUT2D eigenvalue weighted by molar-refractivity contribution is 7.89. The lowest BCUT2D eigenvalue weighted by atomic mass is 9.85. The second kappa shape index (κ2) is 24.8. The monoisotopic (exact) mass is 1140 g/mol. The van der Waals surface area contributed by atoms with E-state index in [0.29, 0.717) is 36.7 Å². The smallest absolute Gasteiger partial charge is 0.341 e. The molecule has 1 saturated carbocycles. The fourth-order valence-corrected chi connectivity index (χ4v) is 11.7. The number of rotatable bonds is 15. The summed E-state index contributed by atoms with van der Waals surface area (Å²) in [6.45, 7) is 6.41. The van der Waals surface area contributed by atoms with Crippen LogP contribution in [-0.2, 0) is 21.4 Å². The van der Waals surface area contributed by atoms with Gasteiger partial charge in [0.1, 0.15) is 39.2 Å². The molecule has 22 heteroatoms. The van der Waals surface area contributed by atoms with E-state index in [0.717, 1.165) is 94.1 Å². The molecule has 11 rings (SSSR count). The van der Waals surface area contributed by atoms with Crippen LogP contribution < -0.4 is 36.3 Å². The van der Waals surface area contributed by atoms with Gasteiger partial charge in [-0.05, 0) is 129 Å². The Morgan fingerprint density at radius 3 is 2.04 bits per heavy atom. The molecule has 4 aliphatic rings. The van der Waals surface area contributed by atoms with Crippen LogP contribution in [0.2, 0.25) is 5.02 Å². The summed E-state index contributed by atoms with van der Waals surface area (Å²) < 4.78 is 71.2. The van der Waals surface area contributed by atoms with Crippen LogP contribution in [0.4, 0.5) is 30.2 Å². The van der Waals surface area contributed by atoms with E-state index in [1.54, 1.807) is 18.2 Å². The second-order valence-corrected chi connectivity index (χ2v) is 22.0. The number of benzene rings is 5. The number of sulfonamides is 1. The van der Waals surface area contributed by atoms with Crippen molar-refractivity contribution in [3.8, 4) is 0 Å². The first kappa shape index (κ1) is 57.0. The van der Waals surface area contributed by atoms with Crippen molar-refractivity contribution in [3.63, 3.8) is 0 Å². The number of halogens is 4. The number of nitrogens with one attached hydrogen (secondary N) is 3. The topological polar surface area (TPSA) is 233 Å². The maximum atomic E-state index is 14.6. The van der Waals surface area contributed by atoms with Crippen LogP contribution in [0, 0.1) is 17.5 Å². The van der Waals surface area contributed by atoms with Gasteiger partial charge in [0.2, 0.25) is 21.4 Å². The molecule has 0 unspecified atom stereocenters. The van der Waals surface area contributed by atoms with Gasteiger partial charge < -0.3 is 49.8 Å². The van der Waals surface area contributed by atoms with Crippen molar-refractivity contribution in [1.82, 2.24) is 20.1 Å². The summed E-state index contributed by atoms with van der Waals surface area (Å²) in [5.41, 5.74) is 2.76. The van der Waals surface area contributed by atoms with Gasteiger partial charge in [-0.3, -0.25) is 9.59 Å². The number of hydrogen-bond acceptors (Lipinski definition) is 12. The minimum absolute atomic E-state index is 0.0847. The third-order valence-corrected chi connectivity index (χ3v) is 16.3. The van der Waals surface area contributed by atoms with Crippen LogP contribution in [0.25, 0.3) is 10.9 Å². The van der Waals surface area contributed by atoms with Gasteiger partial charge in [0.05, 0.1) is 47.0 Å². The van der Waals surface area contributed by atoms with Crippen molar-refractivity contribution in [1.29, 1.82) is 0 Å². The first-order valence-electron chi connectivity index (χ1n) is 26.2. The first-order chi connectivity index (χ1) is 38.4. The SMILES string of the molecule is NS(=O)(=O)c1cc(C(=O)O)c(NCc2ccco2)cc1Cl.O=C(O)c1cn(C2CC2)c2cc(N3CCNCC3)c(F)cc2c1=O.O=C1NCN(c2ccccc2)C12CCN(CCCC(c1ccc(F)cc1)c1ccc(F)cc1)CC2. The Morgan fingerprint density at radius 2 is 1.46 bits per heavy atom. The van der Waals surface area contributed by atoms with E-state index in [2.05, 4.69) is 37.9 Å². The number of amides is 1. The number of primary sulfonamides is 1. The molecule has 1 spiro atoms. The molecule has 1 aliphatic carbocycles. The normalized spacial score (nSPS) is 16.2. The Morgan fingerprint density at radius 1 is 0.825 bits per heavy atom. The predicted octanol–water partition coefficient (Wildman–Crippen LogP) is 8.78. The summed E-state index contributed by atoms with van der Waals surface area (Å²) in [4.78, 5) is 54.1. The number of anilines is 3. The lowest BCUT2D eigenvalue weighted by molar-refractivity contribution is -0.125. The summed E-state index contributed by atoms with van der Waals surface area (Å²) in [5, 5.41) is 32.5. The molecule has 5 heterocycles. The van der Waals surface area contributed by atoms with Crippen LogP contribution in [0.5, 0.6) is 0 Å². The van der Waals surface area contributed by atoms with Gasteiger partial charge >= 0.3 is 11.9 Å².